The van der Waals surface area contributed by atoms with Gasteiger partial charge in [0.15, 0.2) is 0 Å². The number of rotatable bonds is 2. The zero-order valence-electron chi connectivity index (χ0n) is 7.74. The predicted octanol–water partition coefficient (Wildman–Crippen LogP) is 2.64. The van der Waals surface area contributed by atoms with Gasteiger partial charge < -0.3 is 5.73 Å². The molecule has 1 aromatic rings. The zero-order chi connectivity index (χ0) is 9.84. The Balaban J connectivity index is 2.91. The summed E-state index contributed by atoms with van der Waals surface area (Å²) in [6, 6.07) is 7.59. The van der Waals surface area contributed by atoms with Crippen LogP contribution in [-0.2, 0) is 0 Å². The second-order valence-electron chi connectivity index (χ2n) is 3.03. The quantitative estimate of drug-likeness (QED) is 0.579. The Morgan fingerprint density at radius 2 is 2.15 bits per heavy atom. The highest BCUT2D eigenvalue weighted by Gasteiger charge is 2.01. The molecule has 0 aliphatic rings. The van der Waals surface area contributed by atoms with Gasteiger partial charge in [0.25, 0.3) is 0 Å². The maximum Gasteiger partial charge on any atom is 0.101 e. The van der Waals surface area contributed by atoms with E-state index in [2.05, 4.69) is 13.8 Å². The van der Waals surface area contributed by atoms with E-state index in [0.29, 0.717) is 16.5 Å². The number of nitrogens with two attached hydrogens (primary N) is 1. The lowest BCUT2D eigenvalue weighted by molar-refractivity contribution is 1.11. The van der Waals surface area contributed by atoms with Gasteiger partial charge in [0, 0.05) is 10.1 Å². The molecule has 0 heterocycles. The molecule has 0 bridgehead atoms. The van der Waals surface area contributed by atoms with Crippen LogP contribution in [0.25, 0.3) is 0 Å². The lowest BCUT2D eigenvalue weighted by Crippen LogP contribution is -1.92. The van der Waals surface area contributed by atoms with E-state index < -0.39 is 0 Å². The number of benzene rings is 1. The van der Waals surface area contributed by atoms with Gasteiger partial charge in [-0.1, -0.05) is 13.8 Å². The number of nitriles is 1. The Morgan fingerprint density at radius 3 is 2.62 bits per heavy atom. The number of thioether (sulfide) groups is 1. The summed E-state index contributed by atoms with van der Waals surface area (Å²) in [7, 11) is 0. The van der Waals surface area contributed by atoms with Gasteiger partial charge in [-0.05, 0) is 18.2 Å². The Bertz CT molecular complexity index is 339. The summed E-state index contributed by atoms with van der Waals surface area (Å²) < 4.78 is 0. The lowest BCUT2D eigenvalue weighted by Gasteiger charge is -2.05. The average Bonchev–Trinajstić information content (AvgIpc) is 2.03. The van der Waals surface area contributed by atoms with Crippen molar-refractivity contribution < 1.29 is 0 Å². The second-order valence-corrected chi connectivity index (χ2v) is 4.68. The van der Waals surface area contributed by atoms with Crippen LogP contribution in [0.15, 0.2) is 23.1 Å². The molecule has 1 rings (SSSR count). The molecule has 0 saturated carbocycles. The van der Waals surface area contributed by atoms with Gasteiger partial charge in [0.1, 0.15) is 6.07 Å². The number of hydrogen-bond donors (Lipinski definition) is 1. The van der Waals surface area contributed by atoms with Crippen LogP contribution in [-0.4, -0.2) is 5.25 Å². The molecule has 0 saturated heterocycles. The first-order valence-corrected chi connectivity index (χ1v) is 4.97. The largest absolute Gasteiger partial charge is 0.398 e. The number of nitrogen functional groups attached to an aromatic ring is 1. The molecule has 0 aliphatic carbocycles. The molecule has 1 aromatic carbocycles. The summed E-state index contributed by atoms with van der Waals surface area (Å²) in [5, 5.41) is 9.19. The van der Waals surface area contributed by atoms with Gasteiger partial charge in [-0.15, -0.1) is 11.8 Å². The molecule has 0 aromatic heterocycles. The van der Waals surface area contributed by atoms with Crippen molar-refractivity contribution in [3.8, 4) is 6.07 Å². The smallest absolute Gasteiger partial charge is 0.101 e. The first kappa shape index (κ1) is 9.94. The topological polar surface area (TPSA) is 49.8 Å². The first-order chi connectivity index (χ1) is 6.13. The van der Waals surface area contributed by atoms with E-state index in [4.69, 9.17) is 11.0 Å². The number of hydrogen-bond acceptors (Lipinski definition) is 3. The molecule has 13 heavy (non-hydrogen) atoms. The maximum absolute atomic E-state index is 8.65. The Labute approximate surface area is 82.7 Å². The van der Waals surface area contributed by atoms with Crippen LogP contribution in [0.4, 0.5) is 5.69 Å². The van der Waals surface area contributed by atoms with Crippen LogP contribution in [0, 0.1) is 11.3 Å². The molecule has 2 nitrogen and oxygen atoms in total. The van der Waals surface area contributed by atoms with E-state index in [1.54, 1.807) is 17.8 Å². The van der Waals surface area contributed by atoms with Crippen molar-refractivity contribution >= 4 is 17.4 Å². The van der Waals surface area contributed by atoms with E-state index in [1.165, 1.54) is 0 Å². The van der Waals surface area contributed by atoms with Crippen LogP contribution in [0.5, 0.6) is 0 Å². The number of nitrogens with zero attached hydrogens (tertiary/aromatic N) is 1. The summed E-state index contributed by atoms with van der Waals surface area (Å²) in [6.07, 6.45) is 0. The van der Waals surface area contributed by atoms with E-state index >= 15 is 0 Å². The highest BCUT2D eigenvalue weighted by Crippen LogP contribution is 2.25. The molecule has 0 spiro atoms. The van der Waals surface area contributed by atoms with E-state index in [9.17, 15) is 0 Å². The molecule has 3 heteroatoms. The minimum Gasteiger partial charge on any atom is -0.398 e. The SMILES string of the molecule is CC(C)Sc1ccc(C#N)c(N)c1. The summed E-state index contributed by atoms with van der Waals surface area (Å²) in [5.41, 5.74) is 6.78. The lowest BCUT2D eigenvalue weighted by atomic mass is 10.2. The molecular weight excluding hydrogens is 180 g/mol. The van der Waals surface area contributed by atoms with E-state index in [0.717, 1.165) is 4.90 Å². The molecule has 0 radical (unpaired) electrons. The molecule has 0 amide bonds. The fourth-order valence-corrected chi connectivity index (χ4v) is 1.87. The van der Waals surface area contributed by atoms with Gasteiger partial charge in [0.05, 0.1) is 11.3 Å². The highest BCUT2D eigenvalue weighted by atomic mass is 32.2. The van der Waals surface area contributed by atoms with Crippen molar-refractivity contribution in [2.24, 2.45) is 0 Å². The van der Waals surface area contributed by atoms with Crippen molar-refractivity contribution in [1.82, 2.24) is 0 Å². The first-order valence-electron chi connectivity index (χ1n) is 4.09. The summed E-state index contributed by atoms with van der Waals surface area (Å²) >= 11 is 1.74. The third-order valence-corrected chi connectivity index (χ3v) is 2.51. The average molecular weight is 192 g/mol. The molecule has 0 fully saturated rings. The van der Waals surface area contributed by atoms with E-state index in [-0.39, 0.29) is 0 Å². The van der Waals surface area contributed by atoms with Crippen LogP contribution in [0.1, 0.15) is 19.4 Å². The van der Waals surface area contributed by atoms with Crippen molar-refractivity contribution in [2.75, 3.05) is 5.73 Å². The molecule has 68 valence electrons. The third kappa shape index (κ3) is 2.67. The highest BCUT2D eigenvalue weighted by molar-refractivity contribution is 7.99. The fourth-order valence-electron chi connectivity index (χ4n) is 0.988. The Hall–Kier alpha value is -1.14. The monoisotopic (exact) mass is 192 g/mol. The van der Waals surface area contributed by atoms with Gasteiger partial charge in [-0.25, -0.2) is 0 Å². The van der Waals surface area contributed by atoms with Gasteiger partial charge in [-0.3, -0.25) is 0 Å². The molecule has 0 unspecified atom stereocenters. The summed E-state index contributed by atoms with van der Waals surface area (Å²) in [5.74, 6) is 0. The summed E-state index contributed by atoms with van der Waals surface area (Å²) in [4.78, 5) is 1.12. The standard InChI is InChI=1S/C10H12N2S/c1-7(2)13-9-4-3-8(6-11)10(12)5-9/h3-5,7H,12H2,1-2H3. The third-order valence-electron chi connectivity index (χ3n) is 1.52. The van der Waals surface area contributed by atoms with Gasteiger partial charge in [-0.2, -0.15) is 5.26 Å². The predicted molar refractivity (Wildman–Crippen MR) is 56.6 cm³/mol. The van der Waals surface area contributed by atoms with Gasteiger partial charge >= 0.3 is 0 Å². The summed E-state index contributed by atoms with van der Waals surface area (Å²) in [6.45, 7) is 4.25. The van der Waals surface area contributed by atoms with E-state index in [1.807, 2.05) is 18.2 Å². The van der Waals surface area contributed by atoms with Crippen LogP contribution < -0.4 is 5.73 Å². The fraction of sp³-hybridized carbons (Fsp3) is 0.300. The van der Waals surface area contributed by atoms with Crippen molar-refractivity contribution in [1.29, 1.82) is 5.26 Å². The Kier molecular flexibility index (Phi) is 3.21. The molecule has 2 N–H and O–H groups in total. The van der Waals surface area contributed by atoms with Crippen LogP contribution >= 0.6 is 11.8 Å². The molecule has 0 atom stereocenters. The normalized spacial score (nSPS) is 10.0. The molecule has 0 aliphatic heterocycles. The van der Waals surface area contributed by atoms with Crippen LogP contribution in [0.3, 0.4) is 0 Å². The molecular formula is C10H12N2S. The zero-order valence-corrected chi connectivity index (χ0v) is 8.56. The van der Waals surface area contributed by atoms with Crippen molar-refractivity contribution in [2.45, 2.75) is 24.0 Å². The minimum absolute atomic E-state index is 0.535. The maximum atomic E-state index is 8.65. The number of anilines is 1. The Morgan fingerprint density at radius 1 is 1.46 bits per heavy atom. The van der Waals surface area contributed by atoms with Crippen molar-refractivity contribution in [3.05, 3.63) is 23.8 Å². The van der Waals surface area contributed by atoms with Crippen molar-refractivity contribution in [3.63, 3.8) is 0 Å². The minimum atomic E-state index is 0.535. The second kappa shape index (κ2) is 4.20. The van der Waals surface area contributed by atoms with Crippen LogP contribution in [0.2, 0.25) is 0 Å². The van der Waals surface area contributed by atoms with Gasteiger partial charge in [0.2, 0.25) is 0 Å².